The van der Waals surface area contributed by atoms with Gasteiger partial charge in [-0.3, -0.25) is 4.79 Å². The lowest BCUT2D eigenvalue weighted by atomic mass is 10.2. The molecule has 1 heterocycles. The first kappa shape index (κ1) is 12.8. The first-order valence-corrected chi connectivity index (χ1v) is 5.97. The molecule has 0 spiro atoms. The molecule has 0 bridgehead atoms. The normalized spacial score (nSPS) is 9.89. The Balaban J connectivity index is 2.23. The minimum Gasteiger partial charge on any atom is -0.397 e. The van der Waals surface area contributed by atoms with E-state index in [9.17, 15) is 4.79 Å². The van der Waals surface area contributed by atoms with Crippen LogP contribution in [0.25, 0.3) is 0 Å². The molecule has 1 aromatic heterocycles. The Hall–Kier alpha value is -2.67. The van der Waals surface area contributed by atoms with E-state index in [1.54, 1.807) is 35.0 Å². The van der Waals surface area contributed by atoms with Crippen molar-refractivity contribution in [3.8, 4) is 12.3 Å². The number of amides is 1. The Morgan fingerprint density at radius 3 is 2.95 bits per heavy atom. The van der Waals surface area contributed by atoms with Gasteiger partial charge < -0.3 is 15.6 Å². The number of aromatic nitrogens is 1. The number of hydrogen-bond acceptors (Lipinski definition) is 2. The summed E-state index contributed by atoms with van der Waals surface area (Å²) in [6.45, 7) is 2.64. The topological polar surface area (TPSA) is 60.1 Å². The van der Waals surface area contributed by atoms with Crippen molar-refractivity contribution in [2.24, 2.45) is 0 Å². The minimum atomic E-state index is -0.201. The van der Waals surface area contributed by atoms with Crippen molar-refractivity contribution in [1.29, 1.82) is 0 Å². The Morgan fingerprint density at radius 1 is 1.47 bits per heavy atom. The van der Waals surface area contributed by atoms with Gasteiger partial charge in [0.25, 0.3) is 5.91 Å². The zero-order chi connectivity index (χ0) is 13.8. The van der Waals surface area contributed by atoms with Crippen LogP contribution in [-0.2, 0) is 6.54 Å². The molecule has 0 saturated heterocycles. The van der Waals surface area contributed by atoms with E-state index < -0.39 is 0 Å². The number of carbonyl (C=O) groups is 1. The standard InChI is InChI=1S/C15H15N3O/c1-3-11-6-5-7-13(8-11)17-15(19)14-9-12(16)10-18(14)4-2/h1,5-10H,4,16H2,2H3,(H,17,19). The summed E-state index contributed by atoms with van der Waals surface area (Å²) in [5.41, 5.74) is 8.21. The quantitative estimate of drug-likeness (QED) is 0.825. The van der Waals surface area contributed by atoms with Gasteiger partial charge in [0.05, 0.1) is 5.69 Å². The van der Waals surface area contributed by atoms with Gasteiger partial charge in [-0.15, -0.1) is 6.42 Å². The molecule has 2 aromatic rings. The number of benzene rings is 1. The summed E-state index contributed by atoms with van der Waals surface area (Å²) in [6, 6.07) is 8.81. The van der Waals surface area contributed by atoms with Crippen molar-refractivity contribution in [1.82, 2.24) is 4.57 Å². The van der Waals surface area contributed by atoms with Crippen LogP contribution in [0, 0.1) is 12.3 Å². The molecule has 1 aromatic carbocycles. The zero-order valence-corrected chi connectivity index (χ0v) is 10.7. The largest absolute Gasteiger partial charge is 0.397 e. The number of terminal acetylenes is 1. The van der Waals surface area contributed by atoms with Gasteiger partial charge >= 0.3 is 0 Å². The molecule has 0 aliphatic heterocycles. The summed E-state index contributed by atoms with van der Waals surface area (Å²) >= 11 is 0. The Morgan fingerprint density at radius 2 is 2.26 bits per heavy atom. The number of nitrogens with two attached hydrogens (primary N) is 1. The van der Waals surface area contributed by atoms with Crippen molar-refractivity contribution < 1.29 is 4.79 Å². The summed E-state index contributed by atoms with van der Waals surface area (Å²) in [5, 5.41) is 2.81. The Labute approximate surface area is 112 Å². The van der Waals surface area contributed by atoms with Crippen LogP contribution in [0.4, 0.5) is 11.4 Å². The minimum absolute atomic E-state index is 0.201. The molecular weight excluding hydrogens is 238 g/mol. The van der Waals surface area contributed by atoms with Crippen LogP contribution < -0.4 is 11.1 Å². The third-order valence-corrected chi connectivity index (χ3v) is 2.78. The van der Waals surface area contributed by atoms with Crippen LogP contribution in [0.2, 0.25) is 0 Å². The monoisotopic (exact) mass is 253 g/mol. The van der Waals surface area contributed by atoms with E-state index in [2.05, 4.69) is 11.2 Å². The summed E-state index contributed by atoms with van der Waals surface area (Å²) in [6.07, 6.45) is 7.07. The highest BCUT2D eigenvalue weighted by atomic mass is 16.1. The number of carbonyl (C=O) groups excluding carboxylic acids is 1. The number of nitrogens with one attached hydrogen (secondary N) is 1. The molecule has 1 amide bonds. The van der Waals surface area contributed by atoms with Crippen molar-refractivity contribution in [3.05, 3.63) is 47.8 Å². The molecule has 4 heteroatoms. The molecule has 2 rings (SSSR count). The fraction of sp³-hybridized carbons (Fsp3) is 0.133. The van der Waals surface area contributed by atoms with Crippen molar-refractivity contribution in [2.45, 2.75) is 13.5 Å². The van der Waals surface area contributed by atoms with Gasteiger partial charge in [0.1, 0.15) is 5.69 Å². The van der Waals surface area contributed by atoms with Crippen molar-refractivity contribution in [3.63, 3.8) is 0 Å². The first-order chi connectivity index (χ1) is 9.13. The lowest BCUT2D eigenvalue weighted by Crippen LogP contribution is -2.16. The molecule has 3 N–H and O–H groups in total. The van der Waals surface area contributed by atoms with Crippen LogP contribution in [0.15, 0.2) is 36.5 Å². The average molecular weight is 253 g/mol. The summed E-state index contributed by atoms with van der Waals surface area (Å²) in [5.74, 6) is 2.33. The van der Waals surface area contributed by atoms with Crippen LogP contribution in [-0.4, -0.2) is 10.5 Å². The Kier molecular flexibility index (Phi) is 3.58. The van der Waals surface area contributed by atoms with Gasteiger partial charge in [-0.25, -0.2) is 0 Å². The average Bonchev–Trinajstić information content (AvgIpc) is 2.80. The highest BCUT2D eigenvalue weighted by molar-refractivity contribution is 6.03. The van der Waals surface area contributed by atoms with Crippen LogP contribution in [0.3, 0.4) is 0 Å². The number of hydrogen-bond donors (Lipinski definition) is 2. The predicted octanol–water partition coefficient (Wildman–Crippen LogP) is 2.32. The third-order valence-electron chi connectivity index (χ3n) is 2.78. The molecule has 0 radical (unpaired) electrons. The summed E-state index contributed by atoms with van der Waals surface area (Å²) in [4.78, 5) is 12.2. The zero-order valence-electron chi connectivity index (χ0n) is 10.7. The predicted molar refractivity (Wildman–Crippen MR) is 76.8 cm³/mol. The van der Waals surface area contributed by atoms with E-state index in [0.29, 0.717) is 23.6 Å². The first-order valence-electron chi connectivity index (χ1n) is 5.97. The molecule has 0 aliphatic rings. The fourth-order valence-electron chi connectivity index (χ4n) is 1.87. The SMILES string of the molecule is C#Cc1cccc(NC(=O)c2cc(N)cn2CC)c1. The molecule has 0 fully saturated rings. The van der Waals surface area contributed by atoms with Gasteiger partial charge in [0.2, 0.25) is 0 Å². The van der Waals surface area contributed by atoms with Gasteiger partial charge in [0, 0.05) is 24.0 Å². The number of rotatable bonds is 3. The van der Waals surface area contributed by atoms with Crippen molar-refractivity contribution in [2.75, 3.05) is 11.1 Å². The van der Waals surface area contributed by atoms with Crippen molar-refractivity contribution >= 4 is 17.3 Å². The smallest absolute Gasteiger partial charge is 0.272 e. The molecule has 0 aliphatic carbocycles. The highest BCUT2D eigenvalue weighted by Gasteiger charge is 2.12. The molecule has 19 heavy (non-hydrogen) atoms. The molecule has 0 saturated carbocycles. The van der Waals surface area contributed by atoms with Gasteiger partial charge in [-0.05, 0) is 31.2 Å². The molecular formula is C15H15N3O. The van der Waals surface area contributed by atoms with E-state index in [-0.39, 0.29) is 5.91 Å². The summed E-state index contributed by atoms with van der Waals surface area (Å²) < 4.78 is 1.80. The molecule has 4 nitrogen and oxygen atoms in total. The van der Waals surface area contributed by atoms with E-state index in [1.807, 2.05) is 13.0 Å². The lowest BCUT2D eigenvalue weighted by molar-refractivity contribution is 0.101. The lowest BCUT2D eigenvalue weighted by Gasteiger charge is -2.07. The second-order valence-electron chi connectivity index (χ2n) is 4.12. The second kappa shape index (κ2) is 5.32. The molecule has 96 valence electrons. The number of nitrogen functional groups attached to an aromatic ring is 1. The molecule has 0 atom stereocenters. The van der Waals surface area contributed by atoms with Crippen LogP contribution in [0.1, 0.15) is 23.0 Å². The van der Waals surface area contributed by atoms with E-state index in [4.69, 9.17) is 12.2 Å². The van der Waals surface area contributed by atoms with Gasteiger partial charge in [-0.1, -0.05) is 12.0 Å². The number of aryl methyl sites for hydroxylation is 1. The maximum Gasteiger partial charge on any atom is 0.272 e. The highest BCUT2D eigenvalue weighted by Crippen LogP contribution is 2.15. The summed E-state index contributed by atoms with van der Waals surface area (Å²) in [7, 11) is 0. The van der Waals surface area contributed by atoms with Crippen LogP contribution >= 0.6 is 0 Å². The van der Waals surface area contributed by atoms with Gasteiger partial charge in [-0.2, -0.15) is 0 Å². The molecule has 0 unspecified atom stereocenters. The maximum absolute atomic E-state index is 12.2. The van der Waals surface area contributed by atoms with E-state index in [0.717, 1.165) is 5.56 Å². The Bertz CT molecular complexity index is 650. The van der Waals surface area contributed by atoms with Crippen LogP contribution in [0.5, 0.6) is 0 Å². The van der Waals surface area contributed by atoms with E-state index >= 15 is 0 Å². The van der Waals surface area contributed by atoms with E-state index in [1.165, 1.54) is 0 Å². The van der Waals surface area contributed by atoms with Gasteiger partial charge in [0.15, 0.2) is 0 Å². The maximum atomic E-state index is 12.2. The second-order valence-corrected chi connectivity index (χ2v) is 4.12. The number of nitrogens with zero attached hydrogens (tertiary/aromatic N) is 1. The number of anilines is 2. The fourth-order valence-corrected chi connectivity index (χ4v) is 1.87. The third kappa shape index (κ3) is 2.78.